The highest BCUT2D eigenvalue weighted by Gasteiger charge is 1.97. The molecule has 4 heteroatoms. The molecule has 0 unspecified atom stereocenters. The molecular formula is C13H20N2O2. The third kappa shape index (κ3) is 6.04. The molecule has 4 nitrogen and oxygen atoms in total. The Hall–Kier alpha value is -1.39. The van der Waals surface area contributed by atoms with Crippen LogP contribution >= 0.6 is 0 Å². The lowest BCUT2D eigenvalue weighted by atomic mass is 10.3. The lowest BCUT2D eigenvalue weighted by molar-refractivity contribution is 0.199. The van der Waals surface area contributed by atoms with Gasteiger partial charge in [-0.25, -0.2) is 0 Å². The molecule has 0 atom stereocenters. The lowest BCUT2D eigenvalue weighted by Gasteiger charge is -2.07. The number of aromatic nitrogens is 1. The molecule has 0 bridgehead atoms. The van der Waals surface area contributed by atoms with E-state index in [2.05, 4.69) is 16.9 Å². The van der Waals surface area contributed by atoms with E-state index < -0.39 is 0 Å². The first-order valence-corrected chi connectivity index (χ1v) is 5.64. The Bertz CT molecular complexity index is 336. The zero-order chi connectivity index (χ0) is 12.5. The Morgan fingerprint density at radius 1 is 1.47 bits per heavy atom. The van der Waals surface area contributed by atoms with E-state index in [1.54, 1.807) is 13.3 Å². The highest BCUT2D eigenvalue weighted by atomic mass is 16.5. The second kappa shape index (κ2) is 7.81. The molecule has 0 aliphatic carbocycles. The summed E-state index contributed by atoms with van der Waals surface area (Å²) in [5, 5.41) is 3.23. The van der Waals surface area contributed by atoms with Crippen molar-refractivity contribution in [3.8, 4) is 5.75 Å². The SMILES string of the molecule is C=C(C)COc1ccc(CNCCOC)nc1. The van der Waals surface area contributed by atoms with Crippen molar-refractivity contribution in [1.82, 2.24) is 10.3 Å². The Kier molecular flexibility index (Phi) is 6.29. The predicted octanol–water partition coefficient (Wildman–Crippen LogP) is 1.77. The van der Waals surface area contributed by atoms with Gasteiger partial charge in [0, 0.05) is 20.2 Å². The zero-order valence-electron chi connectivity index (χ0n) is 10.5. The smallest absolute Gasteiger partial charge is 0.138 e. The second-order valence-corrected chi connectivity index (χ2v) is 3.90. The van der Waals surface area contributed by atoms with E-state index >= 15 is 0 Å². The molecule has 1 heterocycles. The first-order chi connectivity index (χ1) is 8.22. The first kappa shape index (κ1) is 13.7. The Morgan fingerprint density at radius 2 is 2.29 bits per heavy atom. The van der Waals surface area contributed by atoms with Crippen LogP contribution in [0.4, 0.5) is 0 Å². The first-order valence-electron chi connectivity index (χ1n) is 5.64. The van der Waals surface area contributed by atoms with Gasteiger partial charge in [-0.3, -0.25) is 4.98 Å². The normalized spacial score (nSPS) is 10.2. The van der Waals surface area contributed by atoms with Gasteiger partial charge in [-0.05, 0) is 24.6 Å². The minimum atomic E-state index is 0.535. The maximum absolute atomic E-state index is 5.46. The summed E-state index contributed by atoms with van der Waals surface area (Å²) in [5.74, 6) is 0.772. The van der Waals surface area contributed by atoms with Crippen LogP contribution < -0.4 is 10.1 Å². The molecule has 1 aromatic heterocycles. The van der Waals surface area contributed by atoms with Crippen molar-refractivity contribution in [1.29, 1.82) is 0 Å². The molecule has 0 spiro atoms. The van der Waals surface area contributed by atoms with Gasteiger partial charge in [-0.1, -0.05) is 6.58 Å². The molecule has 0 saturated carbocycles. The predicted molar refractivity (Wildman–Crippen MR) is 68.1 cm³/mol. The Morgan fingerprint density at radius 3 is 2.88 bits per heavy atom. The van der Waals surface area contributed by atoms with E-state index in [-0.39, 0.29) is 0 Å². The van der Waals surface area contributed by atoms with Crippen LogP contribution in [0.25, 0.3) is 0 Å². The molecule has 0 aliphatic heterocycles. The van der Waals surface area contributed by atoms with Gasteiger partial charge in [0.15, 0.2) is 0 Å². The number of hydrogen-bond donors (Lipinski definition) is 1. The van der Waals surface area contributed by atoms with Crippen molar-refractivity contribution < 1.29 is 9.47 Å². The number of pyridine rings is 1. The van der Waals surface area contributed by atoms with Gasteiger partial charge in [-0.15, -0.1) is 0 Å². The third-order valence-corrected chi connectivity index (χ3v) is 2.07. The summed E-state index contributed by atoms with van der Waals surface area (Å²) < 4.78 is 10.4. The van der Waals surface area contributed by atoms with Crippen LogP contribution in [0.3, 0.4) is 0 Å². The van der Waals surface area contributed by atoms with Crippen LogP contribution in [0.5, 0.6) is 5.75 Å². The van der Waals surface area contributed by atoms with Gasteiger partial charge in [0.2, 0.25) is 0 Å². The van der Waals surface area contributed by atoms with Crippen molar-refractivity contribution in [2.24, 2.45) is 0 Å². The summed E-state index contributed by atoms with van der Waals surface area (Å²) in [6.45, 7) is 8.52. The molecule has 0 radical (unpaired) electrons. The minimum Gasteiger partial charge on any atom is -0.488 e. The maximum atomic E-state index is 5.46. The monoisotopic (exact) mass is 236 g/mol. The fourth-order valence-corrected chi connectivity index (χ4v) is 1.20. The molecule has 17 heavy (non-hydrogen) atoms. The van der Waals surface area contributed by atoms with Crippen LogP contribution in [0.2, 0.25) is 0 Å². The molecule has 0 aromatic carbocycles. The van der Waals surface area contributed by atoms with Crippen molar-refractivity contribution in [3.63, 3.8) is 0 Å². The molecule has 0 aliphatic rings. The molecule has 0 saturated heterocycles. The van der Waals surface area contributed by atoms with E-state index in [0.29, 0.717) is 13.2 Å². The van der Waals surface area contributed by atoms with Gasteiger partial charge in [-0.2, -0.15) is 0 Å². The van der Waals surface area contributed by atoms with Gasteiger partial charge >= 0.3 is 0 Å². The van der Waals surface area contributed by atoms with Crippen LogP contribution in [0.1, 0.15) is 12.6 Å². The highest BCUT2D eigenvalue weighted by molar-refractivity contribution is 5.20. The van der Waals surface area contributed by atoms with E-state index in [1.807, 2.05) is 19.1 Å². The summed E-state index contributed by atoms with van der Waals surface area (Å²) in [4.78, 5) is 4.30. The number of methoxy groups -OCH3 is 1. The highest BCUT2D eigenvalue weighted by Crippen LogP contribution is 2.09. The molecular weight excluding hydrogens is 216 g/mol. The van der Waals surface area contributed by atoms with Gasteiger partial charge < -0.3 is 14.8 Å². The Labute approximate surface area is 103 Å². The fourth-order valence-electron chi connectivity index (χ4n) is 1.20. The third-order valence-electron chi connectivity index (χ3n) is 2.07. The average molecular weight is 236 g/mol. The van der Waals surface area contributed by atoms with Crippen LogP contribution in [-0.2, 0) is 11.3 Å². The quantitative estimate of drug-likeness (QED) is 0.552. The second-order valence-electron chi connectivity index (χ2n) is 3.90. The fraction of sp³-hybridized carbons (Fsp3) is 0.462. The molecule has 1 N–H and O–H groups in total. The van der Waals surface area contributed by atoms with Crippen LogP contribution in [0.15, 0.2) is 30.5 Å². The number of ether oxygens (including phenoxy) is 2. The summed E-state index contributed by atoms with van der Waals surface area (Å²) in [6.07, 6.45) is 1.73. The topological polar surface area (TPSA) is 43.4 Å². The van der Waals surface area contributed by atoms with Gasteiger partial charge in [0.1, 0.15) is 12.4 Å². The molecule has 94 valence electrons. The van der Waals surface area contributed by atoms with Crippen LogP contribution in [-0.4, -0.2) is 31.9 Å². The average Bonchev–Trinajstić information content (AvgIpc) is 2.33. The molecule has 1 aromatic rings. The van der Waals surface area contributed by atoms with Gasteiger partial charge in [0.25, 0.3) is 0 Å². The number of nitrogens with one attached hydrogen (secondary N) is 1. The van der Waals surface area contributed by atoms with Crippen molar-refractivity contribution in [2.45, 2.75) is 13.5 Å². The summed E-state index contributed by atoms with van der Waals surface area (Å²) >= 11 is 0. The minimum absolute atomic E-state index is 0.535. The van der Waals surface area contributed by atoms with Crippen molar-refractivity contribution >= 4 is 0 Å². The van der Waals surface area contributed by atoms with Crippen molar-refractivity contribution in [3.05, 3.63) is 36.2 Å². The summed E-state index contributed by atoms with van der Waals surface area (Å²) in [7, 11) is 1.69. The number of rotatable bonds is 8. The van der Waals surface area contributed by atoms with Crippen LogP contribution in [0, 0.1) is 0 Å². The van der Waals surface area contributed by atoms with E-state index in [1.165, 1.54) is 0 Å². The van der Waals surface area contributed by atoms with Crippen molar-refractivity contribution in [2.75, 3.05) is 26.9 Å². The van der Waals surface area contributed by atoms with E-state index in [9.17, 15) is 0 Å². The van der Waals surface area contributed by atoms with E-state index in [4.69, 9.17) is 9.47 Å². The summed E-state index contributed by atoms with van der Waals surface area (Å²) in [5.41, 5.74) is 1.99. The lowest BCUT2D eigenvalue weighted by Crippen LogP contribution is -2.19. The standard InChI is InChI=1S/C13H20N2O2/c1-11(2)10-17-13-5-4-12(15-9-13)8-14-6-7-16-3/h4-5,9,14H,1,6-8,10H2,2-3H3. The largest absolute Gasteiger partial charge is 0.488 e. The van der Waals surface area contributed by atoms with E-state index in [0.717, 1.165) is 30.1 Å². The van der Waals surface area contributed by atoms with Gasteiger partial charge in [0.05, 0.1) is 18.5 Å². The number of nitrogens with zero attached hydrogens (tertiary/aromatic N) is 1. The summed E-state index contributed by atoms with van der Waals surface area (Å²) in [6, 6.07) is 3.87. The molecule has 1 rings (SSSR count). The molecule has 0 fully saturated rings. The number of hydrogen-bond acceptors (Lipinski definition) is 4. The zero-order valence-corrected chi connectivity index (χ0v) is 10.5. The Balaban J connectivity index is 2.31. The maximum Gasteiger partial charge on any atom is 0.138 e. The molecule has 0 amide bonds.